The van der Waals surface area contributed by atoms with Crippen molar-refractivity contribution < 1.29 is 14.3 Å². The number of aromatic nitrogens is 4. The highest BCUT2D eigenvalue weighted by Crippen LogP contribution is 2.39. The zero-order chi connectivity index (χ0) is 22.1. The van der Waals surface area contributed by atoms with Crippen LogP contribution >= 0.6 is 23.1 Å². The van der Waals surface area contributed by atoms with Crippen LogP contribution in [0.4, 0.5) is 0 Å². The number of thiophene rings is 1. The van der Waals surface area contributed by atoms with Gasteiger partial charge in [0.15, 0.2) is 11.5 Å². The van der Waals surface area contributed by atoms with E-state index in [1.54, 1.807) is 30.6 Å². The van der Waals surface area contributed by atoms with E-state index >= 15 is 0 Å². The molecule has 9 nitrogen and oxygen atoms in total. The lowest BCUT2D eigenvalue weighted by molar-refractivity contribution is -0.130. The average Bonchev–Trinajstić information content (AvgIpc) is 3.23. The number of thioether (sulfide) groups is 1. The van der Waals surface area contributed by atoms with Crippen molar-refractivity contribution in [1.29, 1.82) is 0 Å². The quantitative estimate of drug-likeness (QED) is 0.465. The molecule has 11 heteroatoms. The molecule has 0 bridgehead atoms. The summed E-state index contributed by atoms with van der Waals surface area (Å²) in [6.45, 7) is 0. The molecule has 0 spiro atoms. The van der Waals surface area contributed by atoms with Gasteiger partial charge in [0.2, 0.25) is 5.16 Å². The van der Waals surface area contributed by atoms with Gasteiger partial charge in [-0.15, -0.1) is 16.4 Å². The van der Waals surface area contributed by atoms with Crippen LogP contribution in [0.25, 0.3) is 0 Å². The van der Waals surface area contributed by atoms with Crippen molar-refractivity contribution in [3.63, 3.8) is 0 Å². The van der Waals surface area contributed by atoms with Gasteiger partial charge in [-0.05, 0) is 52.4 Å². The Balaban J connectivity index is 1.39. The minimum absolute atomic E-state index is 0.0910. The van der Waals surface area contributed by atoms with Gasteiger partial charge >= 0.3 is 0 Å². The molecule has 1 aliphatic heterocycles. The first kappa shape index (κ1) is 21.0. The summed E-state index contributed by atoms with van der Waals surface area (Å²) in [5.41, 5.74) is 1.85. The van der Waals surface area contributed by atoms with Crippen LogP contribution in [0.3, 0.4) is 0 Å². The zero-order valence-corrected chi connectivity index (χ0v) is 19.3. The summed E-state index contributed by atoms with van der Waals surface area (Å²) in [6, 6.07) is 9.89. The normalized spacial score (nSPS) is 18.0. The molecule has 166 valence electrons. The summed E-state index contributed by atoms with van der Waals surface area (Å²) in [5, 5.41) is 20.9. The number of carbonyl (C=O) groups is 1. The monoisotopic (exact) mass is 470 g/mol. The highest BCUT2D eigenvalue weighted by atomic mass is 32.2. The summed E-state index contributed by atoms with van der Waals surface area (Å²) in [5.74, 6) is 1.39. The van der Waals surface area contributed by atoms with E-state index in [0.29, 0.717) is 29.1 Å². The molecule has 1 aliphatic carbocycles. The minimum atomic E-state index is -0.223. The average molecular weight is 471 g/mol. The van der Waals surface area contributed by atoms with Gasteiger partial charge in [-0.25, -0.2) is 9.69 Å². The highest BCUT2D eigenvalue weighted by molar-refractivity contribution is 7.99. The number of rotatable bonds is 8. The summed E-state index contributed by atoms with van der Waals surface area (Å²) < 4.78 is 12.7. The predicted molar refractivity (Wildman–Crippen MR) is 121 cm³/mol. The fourth-order valence-electron chi connectivity index (χ4n) is 3.67. The Morgan fingerprint density at radius 3 is 2.78 bits per heavy atom. The molecule has 0 N–H and O–H groups in total. The van der Waals surface area contributed by atoms with Crippen LogP contribution in [0.1, 0.15) is 41.8 Å². The standard InChI is InChI=1S/C21H22N6O3S2/c1-29-17-8-5-13(10-18(17)30-2)16-11-15(19-4-3-9-31-19)23-27(16)20(28)12-32-21-22-24-25-26(21)14-6-7-14/h3-5,8-10,14,16H,6-7,11-12H2,1-2H3. The van der Waals surface area contributed by atoms with Crippen molar-refractivity contribution in [1.82, 2.24) is 25.2 Å². The first-order chi connectivity index (χ1) is 15.7. The number of tetrazole rings is 1. The molecule has 0 saturated heterocycles. The third kappa shape index (κ3) is 4.09. The third-order valence-corrected chi connectivity index (χ3v) is 7.28. The maximum Gasteiger partial charge on any atom is 0.253 e. The van der Waals surface area contributed by atoms with E-state index in [1.807, 2.05) is 40.4 Å². The van der Waals surface area contributed by atoms with E-state index in [4.69, 9.17) is 14.6 Å². The second kappa shape index (κ2) is 8.91. The largest absolute Gasteiger partial charge is 0.493 e. The van der Waals surface area contributed by atoms with Crippen molar-refractivity contribution in [2.45, 2.75) is 36.5 Å². The van der Waals surface area contributed by atoms with Crippen molar-refractivity contribution in [3.8, 4) is 11.5 Å². The van der Waals surface area contributed by atoms with Crippen LogP contribution in [0.2, 0.25) is 0 Å². The van der Waals surface area contributed by atoms with Crippen molar-refractivity contribution in [2.24, 2.45) is 5.10 Å². The molecule has 1 saturated carbocycles. The number of hydrogen-bond donors (Lipinski definition) is 0. The molecule has 0 radical (unpaired) electrons. The molecule has 3 heterocycles. The Morgan fingerprint density at radius 1 is 1.22 bits per heavy atom. The molecule has 1 atom stereocenters. The van der Waals surface area contributed by atoms with E-state index < -0.39 is 0 Å². The highest BCUT2D eigenvalue weighted by Gasteiger charge is 2.34. The van der Waals surface area contributed by atoms with E-state index in [2.05, 4.69) is 15.5 Å². The Morgan fingerprint density at radius 2 is 2.06 bits per heavy atom. The van der Waals surface area contributed by atoms with Crippen LogP contribution in [-0.2, 0) is 4.79 Å². The Kier molecular flexibility index (Phi) is 5.83. The van der Waals surface area contributed by atoms with Gasteiger partial charge < -0.3 is 9.47 Å². The third-order valence-electron chi connectivity index (χ3n) is 5.44. The van der Waals surface area contributed by atoms with Gasteiger partial charge in [-0.2, -0.15) is 5.10 Å². The fourth-order valence-corrected chi connectivity index (χ4v) is 5.19. The molecule has 1 unspecified atom stereocenters. The number of carbonyl (C=O) groups excluding carboxylic acids is 1. The summed E-state index contributed by atoms with van der Waals surface area (Å²) in [7, 11) is 3.21. The summed E-state index contributed by atoms with van der Waals surface area (Å²) >= 11 is 2.97. The first-order valence-corrected chi connectivity index (χ1v) is 12.1. The molecular weight excluding hydrogens is 448 g/mol. The lowest BCUT2D eigenvalue weighted by atomic mass is 10.0. The van der Waals surface area contributed by atoms with E-state index in [1.165, 1.54) is 11.8 Å². The van der Waals surface area contributed by atoms with Crippen molar-refractivity contribution in [3.05, 3.63) is 46.2 Å². The maximum absolute atomic E-state index is 13.3. The number of ether oxygens (including phenoxy) is 2. The van der Waals surface area contributed by atoms with E-state index in [9.17, 15) is 4.79 Å². The Bertz CT molecular complexity index is 1140. The molecule has 2 aliphatic rings. The van der Waals surface area contributed by atoms with Gasteiger partial charge in [0.25, 0.3) is 5.91 Å². The van der Waals surface area contributed by atoms with Crippen LogP contribution in [0.5, 0.6) is 11.5 Å². The summed E-state index contributed by atoms with van der Waals surface area (Å²) in [4.78, 5) is 14.3. The predicted octanol–water partition coefficient (Wildman–Crippen LogP) is 3.56. The van der Waals surface area contributed by atoms with Gasteiger partial charge in [0.05, 0.1) is 42.6 Å². The van der Waals surface area contributed by atoms with E-state index in [-0.39, 0.29) is 17.7 Å². The van der Waals surface area contributed by atoms with Crippen LogP contribution in [0.15, 0.2) is 46.0 Å². The van der Waals surface area contributed by atoms with Crippen LogP contribution in [0, 0.1) is 0 Å². The van der Waals surface area contributed by atoms with Crippen LogP contribution in [-0.4, -0.2) is 56.8 Å². The smallest absolute Gasteiger partial charge is 0.253 e. The summed E-state index contributed by atoms with van der Waals surface area (Å²) in [6.07, 6.45) is 2.79. The van der Waals surface area contributed by atoms with Gasteiger partial charge in [-0.3, -0.25) is 4.79 Å². The molecule has 3 aromatic rings. The molecule has 2 aromatic heterocycles. The molecular formula is C21H22N6O3S2. The Labute approximate surface area is 193 Å². The molecule has 1 fully saturated rings. The Hall–Kier alpha value is -2.92. The maximum atomic E-state index is 13.3. The number of hydrogen-bond acceptors (Lipinski definition) is 9. The number of amides is 1. The minimum Gasteiger partial charge on any atom is -0.493 e. The molecule has 1 amide bonds. The molecule has 5 rings (SSSR count). The second-order valence-corrected chi connectivity index (χ2v) is 9.41. The van der Waals surface area contributed by atoms with Gasteiger partial charge in [-0.1, -0.05) is 23.9 Å². The van der Waals surface area contributed by atoms with E-state index in [0.717, 1.165) is 29.0 Å². The number of nitrogens with zero attached hydrogens (tertiary/aromatic N) is 6. The second-order valence-electron chi connectivity index (χ2n) is 7.52. The molecule has 1 aromatic carbocycles. The fraction of sp³-hybridized carbons (Fsp3) is 0.381. The SMILES string of the molecule is COc1ccc(C2CC(c3cccs3)=NN2C(=O)CSc2nnnn2C2CC2)cc1OC. The van der Waals surface area contributed by atoms with Gasteiger partial charge in [0.1, 0.15) is 0 Å². The lowest BCUT2D eigenvalue weighted by Crippen LogP contribution is -2.28. The first-order valence-electron chi connectivity index (χ1n) is 10.2. The number of benzene rings is 1. The number of hydrazone groups is 1. The van der Waals surface area contributed by atoms with Crippen molar-refractivity contribution in [2.75, 3.05) is 20.0 Å². The van der Waals surface area contributed by atoms with Crippen molar-refractivity contribution >= 4 is 34.7 Å². The topological polar surface area (TPSA) is 94.7 Å². The number of methoxy groups -OCH3 is 2. The van der Waals surface area contributed by atoms with Crippen LogP contribution < -0.4 is 9.47 Å². The lowest BCUT2D eigenvalue weighted by Gasteiger charge is -2.22. The zero-order valence-electron chi connectivity index (χ0n) is 17.7. The molecule has 32 heavy (non-hydrogen) atoms. The van der Waals surface area contributed by atoms with Gasteiger partial charge in [0, 0.05) is 6.42 Å².